The van der Waals surface area contributed by atoms with E-state index in [1.54, 1.807) is 4.90 Å². The van der Waals surface area contributed by atoms with E-state index in [0.717, 1.165) is 6.54 Å². The molecule has 1 N–H and O–H groups in total. The maximum atomic E-state index is 12.2. The molecule has 1 rings (SSSR count). The van der Waals surface area contributed by atoms with Gasteiger partial charge in [-0.25, -0.2) is 4.79 Å². The first-order valence-corrected chi connectivity index (χ1v) is 7.51. The number of ether oxygens (including phenoxy) is 2. The first-order chi connectivity index (χ1) is 9.20. The molecule has 0 aromatic heterocycles. The summed E-state index contributed by atoms with van der Waals surface area (Å²) in [6.07, 6.45) is -0.246. The van der Waals surface area contributed by atoms with Gasteiger partial charge in [-0.05, 0) is 33.6 Å². The van der Waals surface area contributed by atoms with Crippen LogP contribution in [-0.4, -0.2) is 55.0 Å². The number of rotatable bonds is 4. The predicted octanol–water partition coefficient (Wildman–Crippen LogP) is 2.26. The van der Waals surface area contributed by atoms with E-state index in [9.17, 15) is 4.79 Å². The fraction of sp³-hybridized carbons (Fsp3) is 0.933. The van der Waals surface area contributed by atoms with Crippen LogP contribution in [0.15, 0.2) is 0 Å². The third-order valence-corrected chi connectivity index (χ3v) is 3.53. The molecule has 0 saturated carbocycles. The Bertz CT molecular complexity index is 313. The van der Waals surface area contributed by atoms with Crippen molar-refractivity contribution in [3.05, 3.63) is 0 Å². The third-order valence-electron chi connectivity index (χ3n) is 3.53. The van der Waals surface area contributed by atoms with Crippen LogP contribution < -0.4 is 5.32 Å². The van der Waals surface area contributed by atoms with E-state index >= 15 is 0 Å². The molecule has 1 fully saturated rings. The molecule has 0 bridgehead atoms. The van der Waals surface area contributed by atoms with E-state index in [4.69, 9.17) is 9.47 Å². The normalized spacial score (nSPS) is 21.9. The first-order valence-electron chi connectivity index (χ1n) is 7.51. The third kappa shape index (κ3) is 5.67. The Morgan fingerprint density at radius 3 is 2.60 bits per heavy atom. The summed E-state index contributed by atoms with van der Waals surface area (Å²) >= 11 is 0. The molecule has 1 amide bonds. The molecular weight excluding hydrogens is 256 g/mol. The second-order valence-electron chi connectivity index (χ2n) is 6.84. The molecule has 5 heteroatoms. The van der Waals surface area contributed by atoms with E-state index < -0.39 is 5.60 Å². The zero-order valence-electron chi connectivity index (χ0n) is 13.7. The second-order valence-corrected chi connectivity index (χ2v) is 6.84. The van der Waals surface area contributed by atoms with Crippen LogP contribution in [0.25, 0.3) is 0 Å². The van der Waals surface area contributed by atoms with Gasteiger partial charge in [-0.2, -0.15) is 0 Å². The summed E-state index contributed by atoms with van der Waals surface area (Å²) < 4.78 is 11.0. The highest BCUT2D eigenvalue weighted by molar-refractivity contribution is 5.68. The number of nitrogens with one attached hydrogen (secondary N) is 1. The van der Waals surface area contributed by atoms with Gasteiger partial charge in [-0.1, -0.05) is 13.8 Å². The van der Waals surface area contributed by atoms with Crippen molar-refractivity contribution >= 4 is 6.09 Å². The van der Waals surface area contributed by atoms with Crippen LogP contribution in [-0.2, 0) is 9.47 Å². The summed E-state index contributed by atoms with van der Waals surface area (Å²) in [6.45, 7) is 14.7. The lowest BCUT2D eigenvalue weighted by atomic mass is 10.1. The van der Waals surface area contributed by atoms with E-state index in [0.29, 0.717) is 31.7 Å². The van der Waals surface area contributed by atoms with Gasteiger partial charge in [0.1, 0.15) is 5.60 Å². The number of hydrogen-bond acceptors (Lipinski definition) is 4. The smallest absolute Gasteiger partial charge is 0.410 e. The Balaban J connectivity index is 2.55. The molecule has 2 atom stereocenters. The van der Waals surface area contributed by atoms with Crippen molar-refractivity contribution in [3.8, 4) is 0 Å². The largest absolute Gasteiger partial charge is 0.444 e. The Morgan fingerprint density at radius 1 is 1.40 bits per heavy atom. The van der Waals surface area contributed by atoms with Crippen LogP contribution >= 0.6 is 0 Å². The fourth-order valence-corrected chi connectivity index (χ4v) is 1.94. The molecule has 0 aliphatic carbocycles. The molecule has 20 heavy (non-hydrogen) atoms. The van der Waals surface area contributed by atoms with Crippen molar-refractivity contribution in [2.24, 2.45) is 5.92 Å². The molecular formula is C15H30N2O3. The zero-order chi connectivity index (χ0) is 15.3. The van der Waals surface area contributed by atoms with Crippen LogP contribution in [0.5, 0.6) is 0 Å². The van der Waals surface area contributed by atoms with Gasteiger partial charge in [-0.15, -0.1) is 0 Å². The molecule has 1 aliphatic rings. The molecule has 0 aromatic carbocycles. The van der Waals surface area contributed by atoms with Crippen LogP contribution in [0, 0.1) is 5.92 Å². The van der Waals surface area contributed by atoms with E-state index in [1.807, 2.05) is 20.8 Å². The van der Waals surface area contributed by atoms with Gasteiger partial charge in [-0.3, -0.25) is 4.90 Å². The molecule has 1 saturated heterocycles. The average molecular weight is 286 g/mol. The number of morpholine rings is 1. The van der Waals surface area contributed by atoms with Crippen molar-refractivity contribution < 1.29 is 14.3 Å². The minimum Gasteiger partial charge on any atom is -0.444 e. The number of carbonyl (C=O) groups is 1. The van der Waals surface area contributed by atoms with Crippen LogP contribution in [0.4, 0.5) is 4.79 Å². The van der Waals surface area contributed by atoms with Crippen molar-refractivity contribution in [3.63, 3.8) is 0 Å². The monoisotopic (exact) mass is 286 g/mol. The lowest BCUT2D eigenvalue weighted by Crippen LogP contribution is -2.55. The van der Waals surface area contributed by atoms with Gasteiger partial charge in [0.25, 0.3) is 0 Å². The highest BCUT2D eigenvalue weighted by Crippen LogP contribution is 2.14. The molecule has 118 valence electrons. The minimum atomic E-state index is -0.460. The van der Waals surface area contributed by atoms with Crippen LogP contribution in [0.1, 0.15) is 41.5 Å². The number of hydrogen-bond donors (Lipinski definition) is 1. The lowest BCUT2D eigenvalue weighted by Gasteiger charge is -2.37. The number of amides is 1. The second kappa shape index (κ2) is 7.27. The zero-order valence-corrected chi connectivity index (χ0v) is 13.7. The summed E-state index contributed by atoms with van der Waals surface area (Å²) in [4.78, 5) is 14.0. The Hall–Kier alpha value is -0.810. The highest BCUT2D eigenvalue weighted by Gasteiger charge is 2.31. The quantitative estimate of drug-likeness (QED) is 0.861. The van der Waals surface area contributed by atoms with Gasteiger partial charge in [0.05, 0.1) is 19.3 Å². The van der Waals surface area contributed by atoms with E-state index in [1.165, 1.54) is 0 Å². The summed E-state index contributed by atoms with van der Waals surface area (Å²) in [5.74, 6) is 0.564. The Morgan fingerprint density at radius 2 is 2.05 bits per heavy atom. The summed E-state index contributed by atoms with van der Waals surface area (Å²) in [5.41, 5.74) is -0.460. The number of carbonyl (C=O) groups excluding carboxylic acids is 1. The maximum Gasteiger partial charge on any atom is 0.410 e. The lowest BCUT2D eigenvalue weighted by molar-refractivity contribution is -0.0323. The van der Waals surface area contributed by atoms with Crippen LogP contribution in [0.3, 0.4) is 0 Å². The molecule has 0 aromatic rings. The summed E-state index contributed by atoms with van der Waals surface area (Å²) in [7, 11) is 0. The van der Waals surface area contributed by atoms with E-state index in [-0.39, 0.29) is 12.1 Å². The predicted molar refractivity (Wildman–Crippen MR) is 79.8 cm³/mol. The molecule has 5 nitrogen and oxygen atoms in total. The SMILES string of the molecule is CC(C)C(C)NCC1COCCN1C(=O)OC(C)(C)C. The number of nitrogens with zero attached hydrogens (tertiary/aromatic N) is 1. The average Bonchev–Trinajstić information content (AvgIpc) is 2.34. The van der Waals surface area contributed by atoms with Gasteiger partial charge in [0, 0.05) is 19.1 Å². The molecule has 0 spiro atoms. The topological polar surface area (TPSA) is 50.8 Å². The van der Waals surface area contributed by atoms with Gasteiger partial charge in [0.2, 0.25) is 0 Å². The van der Waals surface area contributed by atoms with Gasteiger partial charge in [0.15, 0.2) is 0 Å². The van der Waals surface area contributed by atoms with E-state index in [2.05, 4.69) is 26.1 Å². The summed E-state index contributed by atoms with van der Waals surface area (Å²) in [6, 6.07) is 0.456. The van der Waals surface area contributed by atoms with Crippen molar-refractivity contribution in [2.75, 3.05) is 26.3 Å². The van der Waals surface area contributed by atoms with Crippen molar-refractivity contribution in [1.82, 2.24) is 10.2 Å². The van der Waals surface area contributed by atoms with Crippen molar-refractivity contribution in [1.29, 1.82) is 0 Å². The Kier molecular flexibility index (Phi) is 6.27. The Labute approximate surface area is 123 Å². The molecule has 1 heterocycles. The highest BCUT2D eigenvalue weighted by atomic mass is 16.6. The standard InChI is InChI=1S/C15H30N2O3/c1-11(2)12(3)16-9-13-10-19-8-7-17(13)14(18)20-15(4,5)6/h11-13,16H,7-10H2,1-6H3. The molecule has 1 aliphatic heterocycles. The first kappa shape index (κ1) is 17.2. The molecule has 0 radical (unpaired) electrons. The van der Waals surface area contributed by atoms with Crippen molar-refractivity contribution in [2.45, 2.75) is 59.2 Å². The van der Waals surface area contributed by atoms with Gasteiger partial charge < -0.3 is 14.8 Å². The van der Waals surface area contributed by atoms with Gasteiger partial charge >= 0.3 is 6.09 Å². The van der Waals surface area contributed by atoms with Crippen LogP contribution in [0.2, 0.25) is 0 Å². The summed E-state index contributed by atoms with van der Waals surface area (Å²) in [5, 5.41) is 3.47. The minimum absolute atomic E-state index is 0.0415. The fourth-order valence-electron chi connectivity index (χ4n) is 1.94. The maximum absolute atomic E-state index is 12.2. The molecule has 2 unspecified atom stereocenters.